The second-order valence-electron chi connectivity index (χ2n) is 7.75. The topological polar surface area (TPSA) is 129 Å². The van der Waals surface area contributed by atoms with Crippen molar-refractivity contribution in [1.82, 2.24) is 15.5 Å². The molecule has 0 radical (unpaired) electrons. The van der Waals surface area contributed by atoms with E-state index in [4.69, 9.17) is 5.73 Å². The monoisotopic (exact) mass is 518 g/mol. The summed E-state index contributed by atoms with van der Waals surface area (Å²) >= 11 is 3.17. The fourth-order valence-corrected chi connectivity index (χ4v) is 3.98. The van der Waals surface area contributed by atoms with Crippen LogP contribution < -0.4 is 21.7 Å². The average Bonchev–Trinajstić information content (AvgIpc) is 3.20. The lowest BCUT2D eigenvalue weighted by molar-refractivity contribution is -0.131. The molecule has 0 aromatic heterocycles. The Labute approximate surface area is 198 Å². The number of anilines is 1. The number of rotatable bonds is 8. The number of aliphatic imine (C=N–C) groups is 1. The molecule has 1 aliphatic heterocycles. The van der Waals surface area contributed by atoms with Gasteiger partial charge in [0.15, 0.2) is 11.6 Å². The van der Waals surface area contributed by atoms with Gasteiger partial charge in [-0.15, -0.1) is 0 Å². The second-order valence-corrected chi connectivity index (χ2v) is 8.60. The number of carbonyl (C=O) groups is 3. The van der Waals surface area contributed by atoms with Crippen LogP contribution in [0.15, 0.2) is 51.9 Å². The largest absolute Gasteiger partial charge is 0.367 e. The fraction of sp³-hybridized carbons (Fsp3) is 0.273. The number of amides is 3. The molecule has 1 aliphatic rings. The third-order valence-corrected chi connectivity index (χ3v) is 5.85. The molecule has 2 atom stereocenters. The number of carbonyl (C=O) groups excluding carboxylic acids is 3. The van der Waals surface area contributed by atoms with E-state index in [-0.39, 0.29) is 5.56 Å². The average molecular weight is 519 g/mol. The standard InChI is InChI=1S/C22H24BrFN6O3/c1-30(2)10-9-26-20(32)18-22(21(25)33,28-12-27-18)13-3-6-15(7-4-13)29-19(31)16-8-5-14(24)11-17(16)23/h3-8,11-12,18H,9-10H2,1-2H3,(H2,25,33)(H,26,32)(H,27,28)(H,29,31). The molecule has 9 nitrogen and oxygen atoms in total. The van der Waals surface area contributed by atoms with Crippen LogP contribution in [-0.4, -0.2) is 62.2 Å². The number of hydrogen-bond acceptors (Lipinski definition) is 6. The Hall–Kier alpha value is -3.31. The van der Waals surface area contributed by atoms with Crippen LogP contribution in [0.5, 0.6) is 0 Å². The number of nitrogens with zero attached hydrogens (tertiary/aromatic N) is 2. The van der Waals surface area contributed by atoms with Gasteiger partial charge in [0.2, 0.25) is 5.91 Å². The molecular formula is C22H24BrFN6O3. The minimum atomic E-state index is -1.56. The first-order chi connectivity index (χ1) is 15.6. The molecule has 1 heterocycles. The molecule has 174 valence electrons. The summed E-state index contributed by atoms with van der Waals surface area (Å²) in [5, 5.41) is 8.33. The summed E-state index contributed by atoms with van der Waals surface area (Å²) in [4.78, 5) is 43.9. The summed E-state index contributed by atoms with van der Waals surface area (Å²) in [6.45, 7) is 1.01. The highest BCUT2D eigenvalue weighted by Gasteiger charge is 2.52. The van der Waals surface area contributed by atoms with Crippen LogP contribution in [0.2, 0.25) is 0 Å². The van der Waals surface area contributed by atoms with Gasteiger partial charge in [-0.25, -0.2) is 4.39 Å². The third kappa shape index (κ3) is 5.20. The SMILES string of the molecule is CN(C)CCNC(=O)C1N=CNC1(C(N)=O)c1ccc(NC(=O)c2ccc(F)cc2Br)cc1. The van der Waals surface area contributed by atoms with E-state index in [0.717, 1.165) is 0 Å². The number of primary amides is 1. The fourth-order valence-electron chi connectivity index (χ4n) is 3.45. The molecule has 3 rings (SSSR count). The zero-order valence-corrected chi connectivity index (χ0v) is 19.6. The van der Waals surface area contributed by atoms with E-state index in [2.05, 4.69) is 36.9 Å². The first-order valence-corrected chi connectivity index (χ1v) is 10.8. The van der Waals surface area contributed by atoms with Crippen LogP contribution in [0.1, 0.15) is 15.9 Å². The van der Waals surface area contributed by atoms with Crippen molar-refractivity contribution >= 4 is 45.7 Å². The van der Waals surface area contributed by atoms with Crippen LogP contribution in [0.25, 0.3) is 0 Å². The molecule has 0 spiro atoms. The molecule has 2 aromatic rings. The van der Waals surface area contributed by atoms with E-state index >= 15 is 0 Å². The van der Waals surface area contributed by atoms with Gasteiger partial charge in [-0.05, 0) is 65.9 Å². The summed E-state index contributed by atoms with van der Waals surface area (Å²) in [5.41, 5.74) is 5.27. The van der Waals surface area contributed by atoms with E-state index in [1.807, 2.05) is 19.0 Å². The zero-order chi connectivity index (χ0) is 24.2. The normalized spacial score (nSPS) is 19.2. The van der Waals surface area contributed by atoms with E-state index in [1.165, 1.54) is 24.5 Å². The van der Waals surface area contributed by atoms with Gasteiger partial charge in [0.25, 0.3) is 11.8 Å². The maximum atomic E-state index is 13.3. The molecular weight excluding hydrogens is 495 g/mol. The van der Waals surface area contributed by atoms with Gasteiger partial charge in [0.1, 0.15) is 5.82 Å². The zero-order valence-electron chi connectivity index (χ0n) is 18.1. The van der Waals surface area contributed by atoms with Gasteiger partial charge in [0, 0.05) is 23.2 Å². The van der Waals surface area contributed by atoms with E-state index < -0.39 is 35.1 Å². The highest BCUT2D eigenvalue weighted by atomic mass is 79.9. The molecule has 5 N–H and O–H groups in total. The lowest BCUT2D eigenvalue weighted by Gasteiger charge is -2.31. The molecule has 0 fully saturated rings. The third-order valence-electron chi connectivity index (χ3n) is 5.20. The number of benzene rings is 2. The highest BCUT2D eigenvalue weighted by molar-refractivity contribution is 9.10. The summed E-state index contributed by atoms with van der Waals surface area (Å²) in [6, 6.07) is 8.99. The number of nitrogens with two attached hydrogens (primary N) is 1. The quantitative estimate of drug-likeness (QED) is 0.417. The Balaban J connectivity index is 1.79. The van der Waals surface area contributed by atoms with Gasteiger partial charge in [0.05, 0.1) is 11.9 Å². The van der Waals surface area contributed by atoms with Crippen molar-refractivity contribution in [2.45, 2.75) is 11.6 Å². The number of hydrogen-bond donors (Lipinski definition) is 4. The molecule has 0 saturated heterocycles. The van der Waals surface area contributed by atoms with E-state index in [0.29, 0.717) is 28.8 Å². The molecule has 3 amide bonds. The second kappa shape index (κ2) is 10.1. The van der Waals surface area contributed by atoms with Crippen molar-refractivity contribution in [2.75, 3.05) is 32.5 Å². The van der Waals surface area contributed by atoms with Crippen molar-refractivity contribution in [3.63, 3.8) is 0 Å². The maximum absolute atomic E-state index is 13.3. The number of halogens is 2. The van der Waals surface area contributed by atoms with Crippen molar-refractivity contribution in [3.05, 3.63) is 63.9 Å². The first-order valence-electron chi connectivity index (χ1n) is 10.0. The van der Waals surface area contributed by atoms with Crippen LogP contribution in [0.4, 0.5) is 10.1 Å². The molecule has 33 heavy (non-hydrogen) atoms. The Kier molecular flexibility index (Phi) is 7.44. The predicted molar refractivity (Wildman–Crippen MR) is 126 cm³/mol. The number of nitrogens with one attached hydrogen (secondary N) is 3. The van der Waals surface area contributed by atoms with Crippen molar-refractivity contribution in [1.29, 1.82) is 0 Å². The van der Waals surface area contributed by atoms with Gasteiger partial charge in [-0.1, -0.05) is 12.1 Å². The molecule has 0 saturated carbocycles. The van der Waals surface area contributed by atoms with Gasteiger partial charge < -0.3 is 26.6 Å². The van der Waals surface area contributed by atoms with Crippen LogP contribution in [0.3, 0.4) is 0 Å². The maximum Gasteiger partial charge on any atom is 0.256 e. The Morgan fingerprint density at radius 2 is 1.91 bits per heavy atom. The molecule has 0 bridgehead atoms. The molecule has 0 aliphatic carbocycles. The van der Waals surface area contributed by atoms with Crippen LogP contribution >= 0.6 is 15.9 Å². The Morgan fingerprint density at radius 3 is 2.52 bits per heavy atom. The first kappa shape index (κ1) is 24.3. The minimum Gasteiger partial charge on any atom is -0.367 e. The van der Waals surface area contributed by atoms with Crippen LogP contribution in [0, 0.1) is 5.82 Å². The minimum absolute atomic E-state index is 0.259. The summed E-state index contributed by atoms with van der Waals surface area (Å²) in [7, 11) is 3.76. The smallest absolute Gasteiger partial charge is 0.256 e. The summed E-state index contributed by atoms with van der Waals surface area (Å²) in [6.07, 6.45) is 1.29. The van der Waals surface area contributed by atoms with E-state index in [1.54, 1.807) is 24.3 Å². The van der Waals surface area contributed by atoms with Crippen LogP contribution in [-0.2, 0) is 15.1 Å². The predicted octanol–water partition coefficient (Wildman–Crippen LogP) is 1.20. The lowest BCUT2D eigenvalue weighted by atomic mass is 9.82. The number of likely N-dealkylation sites (N-methyl/N-ethyl adjacent to an activating group) is 1. The Bertz CT molecular complexity index is 1090. The van der Waals surface area contributed by atoms with Gasteiger partial charge in [-0.2, -0.15) is 0 Å². The lowest BCUT2D eigenvalue weighted by Crippen LogP contribution is -2.60. The highest BCUT2D eigenvalue weighted by Crippen LogP contribution is 2.31. The summed E-state index contributed by atoms with van der Waals surface area (Å²) in [5.74, 6) is -2.11. The molecule has 11 heteroatoms. The van der Waals surface area contributed by atoms with Crippen molar-refractivity contribution < 1.29 is 18.8 Å². The molecule has 2 aromatic carbocycles. The Morgan fingerprint density at radius 1 is 1.21 bits per heavy atom. The summed E-state index contributed by atoms with van der Waals surface area (Å²) < 4.78 is 13.6. The molecule has 2 unspecified atom stereocenters. The van der Waals surface area contributed by atoms with E-state index in [9.17, 15) is 18.8 Å². The van der Waals surface area contributed by atoms with Gasteiger partial charge >= 0.3 is 0 Å². The van der Waals surface area contributed by atoms with Gasteiger partial charge in [-0.3, -0.25) is 19.4 Å². The van der Waals surface area contributed by atoms with Crippen molar-refractivity contribution in [2.24, 2.45) is 10.7 Å². The van der Waals surface area contributed by atoms with Crippen molar-refractivity contribution in [3.8, 4) is 0 Å².